The van der Waals surface area contributed by atoms with Gasteiger partial charge >= 0.3 is 0 Å². The van der Waals surface area contributed by atoms with Crippen LogP contribution in [-0.2, 0) is 14.8 Å². The van der Waals surface area contributed by atoms with E-state index in [1.807, 2.05) is 6.92 Å². The number of hydrogen-bond acceptors (Lipinski definition) is 5. The van der Waals surface area contributed by atoms with Crippen molar-refractivity contribution in [1.29, 1.82) is 0 Å². The molecule has 132 valence electrons. The number of anilines is 1. The fraction of sp³-hybridized carbons (Fsp3) is 0.188. The summed E-state index contributed by atoms with van der Waals surface area (Å²) in [6.07, 6.45) is 0. The number of ether oxygens (including phenoxy) is 2. The zero-order valence-corrected chi connectivity index (χ0v) is 14.8. The Labute approximate surface area is 149 Å². The number of carbonyl (C=O) groups is 1. The van der Waals surface area contributed by atoms with Gasteiger partial charge in [-0.1, -0.05) is 17.7 Å². The van der Waals surface area contributed by atoms with Crippen LogP contribution in [0.1, 0.15) is 5.56 Å². The predicted molar refractivity (Wildman–Crippen MR) is 92.6 cm³/mol. The molecule has 0 radical (unpaired) electrons. The molecule has 0 aromatic heterocycles. The van der Waals surface area contributed by atoms with Crippen molar-refractivity contribution in [2.24, 2.45) is 0 Å². The van der Waals surface area contributed by atoms with Crippen LogP contribution in [0.2, 0.25) is 5.02 Å². The van der Waals surface area contributed by atoms with E-state index < -0.39 is 22.5 Å². The average Bonchev–Trinajstić information content (AvgIpc) is 3.04. The molecule has 2 N–H and O–H groups in total. The van der Waals surface area contributed by atoms with Crippen LogP contribution in [0.15, 0.2) is 41.3 Å². The van der Waals surface area contributed by atoms with Crippen molar-refractivity contribution in [3.8, 4) is 11.5 Å². The maximum Gasteiger partial charge on any atom is 0.241 e. The maximum absolute atomic E-state index is 12.3. The number of sulfonamides is 1. The predicted octanol–water partition coefficient (Wildman–Crippen LogP) is 2.29. The molecule has 2 aromatic rings. The first-order valence-electron chi connectivity index (χ1n) is 7.30. The highest BCUT2D eigenvalue weighted by molar-refractivity contribution is 7.89. The van der Waals surface area contributed by atoms with E-state index in [1.165, 1.54) is 18.2 Å². The smallest absolute Gasteiger partial charge is 0.241 e. The minimum absolute atomic E-state index is 0.0112. The van der Waals surface area contributed by atoms with Gasteiger partial charge in [0.25, 0.3) is 0 Å². The van der Waals surface area contributed by atoms with Crippen LogP contribution in [0, 0.1) is 6.92 Å². The van der Waals surface area contributed by atoms with Crippen molar-refractivity contribution in [2.45, 2.75) is 11.8 Å². The van der Waals surface area contributed by atoms with Crippen molar-refractivity contribution < 1.29 is 22.7 Å². The standard InChI is InChI=1S/C16H15ClN2O5S/c1-10-2-3-11(6-13(10)17)19-16(20)8-18-25(21,22)12-4-5-14-15(7-12)24-9-23-14/h2-7,18H,8-9H2,1H3,(H,19,20). The second kappa shape index (κ2) is 6.91. The summed E-state index contributed by atoms with van der Waals surface area (Å²) in [4.78, 5) is 11.9. The van der Waals surface area contributed by atoms with Gasteiger partial charge in [0.1, 0.15) is 0 Å². The van der Waals surface area contributed by atoms with Crippen LogP contribution in [0.5, 0.6) is 11.5 Å². The Morgan fingerprint density at radius 3 is 2.68 bits per heavy atom. The first kappa shape index (κ1) is 17.5. The molecule has 1 amide bonds. The van der Waals surface area contributed by atoms with Gasteiger partial charge in [0.15, 0.2) is 11.5 Å². The molecule has 2 aromatic carbocycles. The maximum atomic E-state index is 12.3. The lowest BCUT2D eigenvalue weighted by Crippen LogP contribution is -2.32. The zero-order chi connectivity index (χ0) is 18.0. The number of fused-ring (bicyclic) bond motifs is 1. The molecule has 0 aliphatic carbocycles. The van der Waals surface area contributed by atoms with Gasteiger partial charge < -0.3 is 14.8 Å². The normalized spacial score (nSPS) is 12.9. The Bertz CT molecular complexity index is 930. The van der Waals surface area contributed by atoms with E-state index in [4.69, 9.17) is 21.1 Å². The minimum atomic E-state index is -3.86. The Morgan fingerprint density at radius 1 is 1.16 bits per heavy atom. The van der Waals surface area contributed by atoms with E-state index in [-0.39, 0.29) is 11.7 Å². The average molecular weight is 383 g/mol. The Balaban J connectivity index is 1.63. The highest BCUT2D eigenvalue weighted by Crippen LogP contribution is 2.33. The summed E-state index contributed by atoms with van der Waals surface area (Å²) >= 11 is 5.99. The molecule has 7 nitrogen and oxygen atoms in total. The van der Waals surface area contributed by atoms with Crippen LogP contribution >= 0.6 is 11.6 Å². The van der Waals surface area contributed by atoms with E-state index in [2.05, 4.69) is 10.0 Å². The van der Waals surface area contributed by atoms with Crippen LogP contribution < -0.4 is 19.5 Å². The van der Waals surface area contributed by atoms with Crippen molar-refractivity contribution in [1.82, 2.24) is 4.72 Å². The van der Waals surface area contributed by atoms with Gasteiger partial charge in [0, 0.05) is 16.8 Å². The van der Waals surface area contributed by atoms with Gasteiger partial charge in [0.05, 0.1) is 11.4 Å². The molecule has 0 saturated carbocycles. The molecule has 3 rings (SSSR count). The van der Waals surface area contributed by atoms with Crippen LogP contribution in [0.3, 0.4) is 0 Å². The van der Waals surface area contributed by atoms with E-state index in [9.17, 15) is 13.2 Å². The monoisotopic (exact) mass is 382 g/mol. The largest absolute Gasteiger partial charge is 0.454 e. The molecule has 0 atom stereocenters. The fourth-order valence-corrected chi connectivity index (χ4v) is 3.34. The highest BCUT2D eigenvalue weighted by Gasteiger charge is 2.20. The number of hydrogen-bond donors (Lipinski definition) is 2. The molecular formula is C16H15ClN2O5S. The zero-order valence-electron chi connectivity index (χ0n) is 13.2. The number of aryl methyl sites for hydroxylation is 1. The summed E-state index contributed by atoms with van der Waals surface area (Å²) in [5, 5.41) is 3.09. The molecule has 1 heterocycles. The summed E-state index contributed by atoms with van der Waals surface area (Å²) in [6, 6.07) is 9.28. The molecule has 0 saturated heterocycles. The van der Waals surface area contributed by atoms with E-state index >= 15 is 0 Å². The van der Waals surface area contributed by atoms with Crippen LogP contribution in [0.25, 0.3) is 0 Å². The van der Waals surface area contributed by atoms with Gasteiger partial charge in [-0.2, -0.15) is 0 Å². The third-order valence-corrected chi connectivity index (χ3v) is 5.34. The molecule has 1 aliphatic heterocycles. The minimum Gasteiger partial charge on any atom is -0.454 e. The first-order valence-corrected chi connectivity index (χ1v) is 9.16. The number of amides is 1. The van der Waals surface area contributed by atoms with Gasteiger partial charge in [-0.25, -0.2) is 13.1 Å². The molecule has 0 spiro atoms. The molecule has 0 fully saturated rings. The van der Waals surface area contributed by atoms with Gasteiger partial charge in [-0.15, -0.1) is 0 Å². The fourth-order valence-electron chi connectivity index (χ4n) is 2.16. The summed E-state index contributed by atoms with van der Waals surface area (Å²) in [7, 11) is -3.86. The number of nitrogens with one attached hydrogen (secondary N) is 2. The summed E-state index contributed by atoms with van der Waals surface area (Å²) < 4.78 is 37.1. The highest BCUT2D eigenvalue weighted by atomic mass is 35.5. The lowest BCUT2D eigenvalue weighted by molar-refractivity contribution is -0.115. The SMILES string of the molecule is Cc1ccc(NC(=O)CNS(=O)(=O)c2ccc3c(c2)OCO3)cc1Cl. The second-order valence-corrected chi connectivity index (χ2v) is 7.53. The summed E-state index contributed by atoms with van der Waals surface area (Å²) in [5.41, 5.74) is 1.37. The second-order valence-electron chi connectivity index (χ2n) is 5.35. The molecule has 1 aliphatic rings. The quantitative estimate of drug-likeness (QED) is 0.827. The lowest BCUT2D eigenvalue weighted by atomic mass is 10.2. The Kier molecular flexibility index (Phi) is 4.85. The van der Waals surface area contributed by atoms with Crippen molar-refractivity contribution >= 4 is 33.2 Å². The molecular weight excluding hydrogens is 368 g/mol. The summed E-state index contributed by atoms with van der Waals surface area (Å²) in [5.74, 6) is 0.318. The van der Waals surface area contributed by atoms with Crippen LogP contribution in [0.4, 0.5) is 5.69 Å². The van der Waals surface area contributed by atoms with Gasteiger partial charge in [-0.05, 0) is 36.8 Å². The van der Waals surface area contributed by atoms with Crippen molar-refractivity contribution in [2.75, 3.05) is 18.7 Å². The number of halogens is 1. The Hall–Kier alpha value is -2.29. The van der Waals surface area contributed by atoms with Crippen molar-refractivity contribution in [3.05, 3.63) is 47.0 Å². The van der Waals surface area contributed by atoms with Crippen LogP contribution in [-0.4, -0.2) is 27.7 Å². The molecule has 0 unspecified atom stereocenters. The van der Waals surface area contributed by atoms with Crippen molar-refractivity contribution in [3.63, 3.8) is 0 Å². The third kappa shape index (κ3) is 4.04. The number of rotatable bonds is 5. The Morgan fingerprint density at radius 2 is 1.92 bits per heavy atom. The summed E-state index contributed by atoms with van der Waals surface area (Å²) in [6.45, 7) is 1.48. The van der Waals surface area contributed by atoms with E-state index in [1.54, 1.807) is 18.2 Å². The number of benzene rings is 2. The lowest BCUT2D eigenvalue weighted by Gasteiger charge is -2.09. The van der Waals surface area contributed by atoms with E-state index in [0.29, 0.717) is 22.2 Å². The molecule has 9 heteroatoms. The number of carbonyl (C=O) groups excluding carboxylic acids is 1. The third-order valence-electron chi connectivity index (χ3n) is 3.53. The topological polar surface area (TPSA) is 93.7 Å². The molecule has 25 heavy (non-hydrogen) atoms. The molecule has 0 bridgehead atoms. The van der Waals surface area contributed by atoms with Gasteiger partial charge in [0.2, 0.25) is 22.7 Å². The van der Waals surface area contributed by atoms with E-state index in [0.717, 1.165) is 5.56 Å². The first-order chi connectivity index (χ1) is 11.8. The van der Waals surface area contributed by atoms with Gasteiger partial charge in [-0.3, -0.25) is 4.79 Å².